The zero-order valence-corrected chi connectivity index (χ0v) is 18.1. The number of hydrogen-bond acceptors (Lipinski definition) is 4. The van der Waals surface area contributed by atoms with Gasteiger partial charge in [-0.15, -0.1) is 0 Å². The predicted molar refractivity (Wildman–Crippen MR) is 109 cm³/mol. The second-order valence-corrected chi connectivity index (χ2v) is 11.7. The molecule has 0 radical (unpaired) electrons. The van der Waals surface area contributed by atoms with Crippen molar-refractivity contribution in [3.63, 3.8) is 0 Å². The van der Waals surface area contributed by atoms with Crippen molar-refractivity contribution in [2.24, 2.45) is 11.3 Å². The van der Waals surface area contributed by atoms with E-state index in [1.165, 1.54) is 5.56 Å². The summed E-state index contributed by atoms with van der Waals surface area (Å²) in [5, 5.41) is -0.421. The van der Waals surface area contributed by atoms with E-state index in [1.54, 1.807) is 12.1 Å². The van der Waals surface area contributed by atoms with E-state index in [0.29, 0.717) is 30.4 Å². The average Bonchev–Trinajstić information content (AvgIpc) is 3.31. The molecule has 1 unspecified atom stereocenters. The molecule has 5 heteroatoms. The molecule has 1 spiro atoms. The largest absolute Gasteiger partial charge is 0.382 e. The van der Waals surface area contributed by atoms with Gasteiger partial charge in [-0.05, 0) is 67.1 Å². The van der Waals surface area contributed by atoms with Crippen molar-refractivity contribution in [3.8, 4) is 5.75 Å². The van der Waals surface area contributed by atoms with Gasteiger partial charge < -0.3 is 8.92 Å². The Morgan fingerprint density at radius 3 is 2.15 bits per heavy atom. The average molecular weight is 395 g/mol. The molecule has 1 heterocycles. The zero-order chi connectivity index (χ0) is 19.9. The number of rotatable bonds is 6. The maximum atomic E-state index is 12.6. The van der Waals surface area contributed by atoms with Gasteiger partial charge in [0, 0.05) is 0 Å². The van der Waals surface area contributed by atoms with Gasteiger partial charge in [0.05, 0.1) is 17.5 Å². The summed E-state index contributed by atoms with van der Waals surface area (Å²) in [7, 11) is -3.59. The molecule has 2 aliphatic rings. The minimum absolute atomic E-state index is 0.00789. The van der Waals surface area contributed by atoms with Crippen molar-refractivity contribution >= 4 is 10.1 Å². The van der Waals surface area contributed by atoms with Gasteiger partial charge in [0.2, 0.25) is 0 Å². The highest BCUT2D eigenvalue weighted by atomic mass is 32.2. The van der Waals surface area contributed by atoms with Crippen LogP contribution in [0.3, 0.4) is 0 Å². The van der Waals surface area contributed by atoms with E-state index in [2.05, 4.69) is 34.6 Å². The van der Waals surface area contributed by atoms with Crippen LogP contribution in [0.4, 0.5) is 0 Å². The van der Waals surface area contributed by atoms with E-state index >= 15 is 0 Å². The van der Waals surface area contributed by atoms with Crippen molar-refractivity contribution in [1.82, 2.24) is 0 Å². The van der Waals surface area contributed by atoms with Gasteiger partial charge in [-0.25, -0.2) is 0 Å². The third-order valence-corrected chi connectivity index (χ3v) is 7.76. The third-order valence-electron chi connectivity index (χ3n) is 6.05. The van der Waals surface area contributed by atoms with Crippen LogP contribution in [-0.2, 0) is 14.9 Å². The minimum Gasteiger partial charge on any atom is -0.382 e. The Kier molecular flexibility index (Phi) is 5.66. The fourth-order valence-corrected chi connectivity index (χ4v) is 5.54. The molecule has 0 amide bonds. The summed E-state index contributed by atoms with van der Waals surface area (Å²) < 4.78 is 36.2. The van der Waals surface area contributed by atoms with Crippen molar-refractivity contribution in [2.75, 3.05) is 6.61 Å². The number of hydrogen-bond donors (Lipinski definition) is 0. The normalized spacial score (nSPS) is 27.0. The summed E-state index contributed by atoms with van der Waals surface area (Å²) in [5.41, 5.74) is 1.39. The molecule has 1 saturated carbocycles. The first-order chi connectivity index (χ1) is 12.5. The molecule has 1 saturated heterocycles. The molecule has 1 atom stereocenters. The van der Waals surface area contributed by atoms with Crippen LogP contribution in [0, 0.1) is 11.3 Å². The highest BCUT2D eigenvalue weighted by Crippen LogP contribution is 2.44. The van der Waals surface area contributed by atoms with Gasteiger partial charge in [0.15, 0.2) is 0 Å². The molecule has 1 aromatic rings. The molecule has 0 bridgehead atoms. The quantitative estimate of drug-likeness (QED) is 0.486. The lowest BCUT2D eigenvalue weighted by Crippen LogP contribution is -2.33. The van der Waals surface area contributed by atoms with Crippen LogP contribution in [0.1, 0.15) is 78.2 Å². The molecule has 1 aliphatic carbocycles. The molecule has 152 valence electrons. The highest BCUT2D eigenvalue weighted by molar-refractivity contribution is 7.87. The zero-order valence-electron chi connectivity index (χ0n) is 17.3. The Bertz CT molecular complexity index is 730. The SMILES string of the molecule is CC(C)CC(c1ccc(OS(=O)(=O)C2CCC3(CC2)CO3)cc1)C(C)(C)C. The predicted octanol–water partition coefficient (Wildman–Crippen LogP) is 5.28. The number of epoxide rings is 1. The van der Waals surface area contributed by atoms with E-state index in [9.17, 15) is 8.42 Å². The first-order valence-corrected chi connectivity index (χ1v) is 11.7. The highest BCUT2D eigenvalue weighted by Gasteiger charge is 2.49. The van der Waals surface area contributed by atoms with Crippen molar-refractivity contribution in [1.29, 1.82) is 0 Å². The first-order valence-electron chi connectivity index (χ1n) is 10.2. The standard InChI is InChI=1S/C22H34O4S/c1-16(2)14-20(21(3,4)5)17-6-8-18(9-7-17)26-27(23,24)19-10-12-22(13-11-19)15-25-22/h6-9,16,19-20H,10-15H2,1-5H3. The van der Waals surface area contributed by atoms with E-state index in [1.807, 2.05) is 12.1 Å². The topological polar surface area (TPSA) is 55.9 Å². The molecular formula is C22H34O4S. The summed E-state index contributed by atoms with van der Waals surface area (Å²) in [6.45, 7) is 12.0. The summed E-state index contributed by atoms with van der Waals surface area (Å²) in [5.74, 6) is 1.45. The Balaban J connectivity index is 1.67. The molecule has 3 rings (SSSR count). The monoisotopic (exact) mass is 394 g/mol. The molecule has 0 N–H and O–H groups in total. The third kappa shape index (κ3) is 5.05. The molecule has 0 aromatic heterocycles. The van der Waals surface area contributed by atoms with Crippen LogP contribution < -0.4 is 4.18 Å². The second-order valence-electron chi connectivity index (χ2n) is 9.86. The lowest BCUT2D eigenvalue weighted by molar-refractivity contribution is 0.235. The van der Waals surface area contributed by atoms with Crippen LogP contribution in [-0.4, -0.2) is 25.9 Å². The van der Waals surface area contributed by atoms with Gasteiger partial charge in [-0.3, -0.25) is 0 Å². The summed E-state index contributed by atoms with van der Waals surface area (Å²) in [6, 6.07) is 7.66. The maximum absolute atomic E-state index is 12.6. The molecule has 1 aromatic carbocycles. The van der Waals surface area contributed by atoms with Crippen molar-refractivity contribution in [3.05, 3.63) is 29.8 Å². The molecule has 27 heavy (non-hydrogen) atoms. The Labute approximate surface area is 164 Å². The van der Waals surface area contributed by atoms with Gasteiger partial charge >= 0.3 is 10.1 Å². The van der Waals surface area contributed by atoms with Crippen LogP contribution in [0.5, 0.6) is 5.75 Å². The number of benzene rings is 1. The summed E-state index contributed by atoms with van der Waals surface area (Å²) in [6.07, 6.45) is 4.00. The van der Waals surface area contributed by atoms with Crippen molar-refractivity contribution < 1.29 is 17.3 Å². The van der Waals surface area contributed by atoms with E-state index < -0.39 is 15.4 Å². The Morgan fingerprint density at radius 2 is 1.70 bits per heavy atom. The molecule has 4 nitrogen and oxygen atoms in total. The Morgan fingerprint density at radius 1 is 1.15 bits per heavy atom. The first kappa shape index (κ1) is 20.7. The second kappa shape index (κ2) is 7.40. The van der Waals surface area contributed by atoms with E-state index in [4.69, 9.17) is 8.92 Å². The van der Waals surface area contributed by atoms with Gasteiger partial charge in [-0.2, -0.15) is 8.42 Å². The molecular weight excluding hydrogens is 360 g/mol. The maximum Gasteiger partial charge on any atom is 0.312 e. The van der Waals surface area contributed by atoms with Gasteiger partial charge in [-0.1, -0.05) is 46.8 Å². The van der Waals surface area contributed by atoms with Crippen molar-refractivity contribution in [2.45, 2.75) is 83.5 Å². The molecule has 2 fully saturated rings. The fraction of sp³-hybridized carbons (Fsp3) is 0.727. The van der Waals surface area contributed by atoms with Crippen LogP contribution in [0.15, 0.2) is 24.3 Å². The summed E-state index contributed by atoms with van der Waals surface area (Å²) in [4.78, 5) is 0. The van der Waals surface area contributed by atoms with E-state index in [0.717, 1.165) is 25.9 Å². The van der Waals surface area contributed by atoms with Crippen LogP contribution in [0.25, 0.3) is 0 Å². The lowest BCUT2D eigenvalue weighted by Gasteiger charge is -2.32. The van der Waals surface area contributed by atoms with Crippen LogP contribution >= 0.6 is 0 Å². The fourth-order valence-electron chi connectivity index (χ4n) is 4.22. The van der Waals surface area contributed by atoms with Gasteiger partial charge in [0.25, 0.3) is 0 Å². The Hall–Kier alpha value is -1.07. The summed E-state index contributed by atoms with van der Waals surface area (Å²) >= 11 is 0. The lowest BCUT2D eigenvalue weighted by atomic mass is 9.72. The van der Waals surface area contributed by atoms with Crippen LogP contribution in [0.2, 0.25) is 0 Å². The minimum atomic E-state index is -3.59. The van der Waals surface area contributed by atoms with Gasteiger partial charge in [0.1, 0.15) is 5.75 Å². The number of ether oxygens (including phenoxy) is 1. The van der Waals surface area contributed by atoms with E-state index in [-0.39, 0.29) is 11.0 Å². The smallest absolute Gasteiger partial charge is 0.312 e. The molecule has 1 aliphatic heterocycles.